The van der Waals surface area contributed by atoms with Crippen LogP contribution in [0.5, 0.6) is 0 Å². The number of carbonyl (C=O) groups is 2. The molecule has 19 heavy (non-hydrogen) atoms. The maximum atomic E-state index is 12.7. The Bertz CT molecular complexity index is 472. The second kappa shape index (κ2) is 5.82. The lowest BCUT2D eigenvalue weighted by Crippen LogP contribution is -2.30. The molecule has 1 atom stereocenters. The first-order valence-corrected chi connectivity index (χ1v) is 6.28. The van der Waals surface area contributed by atoms with Crippen molar-refractivity contribution < 1.29 is 19.1 Å². The van der Waals surface area contributed by atoms with Gasteiger partial charge in [-0.15, -0.1) is 0 Å². The molecule has 4 nitrogen and oxygen atoms in total. The topological polar surface area (TPSA) is 57.6 Å². The third-order valence-corrected chi connectivity index (χ3v) is 3.37. The number of carbonyl (C=O) groups excluding carboxylic acids is 1. The largest absolute Gasteiger partial charge is 0.481 e. The predicted molar refractivity (Wildman–Crippen MR) is 67.0 cm³/mol. The van der Waals surface area contributed by atoms with Crippen LogP contribution in [-0.2, 0) is 16.0 Å². The third kappa shape index (κ3) is 3.77. The molecule has 1 fully saturated rings. The molecular weight excluding hydrogens is 249 g/mol. The molecule has 0 bridgehead atoms. The van der Waals surface area contributed by atoms with Crippen LogP contribution >= 0.6 is 0 Å². The van der Waals surface area contributed by atoms with E-state index in [0.717, 1.165) is 12.0 Å². The Morgan fingerprint density at radius 1 is 1.32 bits per heavy atom. The highest BCUT2D eigenvalue weighted by molar-refractivity contribution is 5.79. The number of halogens is 1. The van der Waals surface area contributed by atoms with Gasteiger partial charge in [0.2, 0.25) is 5.91 Å². The van der Waals surface area contributed by atoms with E-state index < -0.39 is 5.97 Å². The van der Waals surface area contributed by atoms with Crippen molar-refractivity contribution in [1.29, 1.82) is 0 Å². The highest BCUT2D eigenvalue weighted by atomic mass is 19.1. The summed E-state index contributed by atoms with van der Waals surface area (Å²) in [5, 5.41) is 8.72. The van der Waals surface area contributed by atoms with Crippen molar-refractivity contribution in [3.05, 3.63) is 35.6 Å². The van der Waals surface area contributed by atoms with Crippen LogP contribution in [0, 0.1) is 11.7 Å². The summed E-state index contributed by atoms with van der Waals surface area (Å²) in [6.45, 7) is 1.12. The summed E-state index contributed by atoms with van der Waals surface area (Å²) < 4.78 is 12.7. The van der Waals surface area contributed by atoms with Gasteiger partial charge < -0.3 is 10.0 Å². The van der Waals surface area contributed by atoms with E-state index in [4.69, 9.17) is 5.11 Å². The van der Waals surface area contributed by atoms with E-state index in [1.165, 1.54) is 12.1 Å². The molecule has 1 aromatic carbocycles. The van der Waals surface area contributed by atoms with E-state index >= 15 is 0 Å². The first kappa shape index (κ1) is 13.5. The van der Waals surface area contributed by atoms with Gasteiger partial charge in [0, 0.05) is 19.5 Å². The number of likely N-dealkylation sites (tertiary alicyclic amines) is 1. The molecule has 0 radical (unpaired) electrons. The number of hydrogen-bond acceptors (Lipinski definition) is 2. The molecular formula is C14H16FNO3. The molecule has 1 saturated heterocycles. The molecule has 1 N–H and O–H groups in total. The number of carboxylic acid groups (broad SMARTS) is 1. The number of nitrogens with zero attached hydrogens (tertiary/aromatic N) is 1. The SMILES string of the molecule is O=C(O)CC1CCN(C(=O)Cc2ccc(F)cc2)C1. The van der Waals surface area contributed by atoms with Crippen LogP contribution in [0.3, 0.4) is 0 Å². The van der Waals surface area contributed by atoms with Crippen molar-refractivity contribution >= 4 is 11.9 Å². The van der Waals surface area contributed by atoms with E-state index in [0.29, 0.717) is 13.1 Å². The molecule has 1 aliphatic heterocycles. The number of carboxylic acids is 1. The van der Waals surface area contributed by atoms with E-state index in [9.17, 15) is 14.0 Å². The lowest BCUT2D eigenvalue weighted by molar-refractivity contribution is -0.138. The molecule has 1 aromatic rings. The Kier molecular flexibility index (Phi) is 4.14. The summed E-state index contributed by atoms with van der Waals surface area (Å²) in [5.74, 6) is -1.12. The van der Waals surface area contributed by atoms with Crippen LogP contribution in [0.15, 0.2) is 24.3 Å². The minimum absolute atomic E-state index is 0.0282. The minimum Gasteiger partial charge on any atom is -0.481 e. The molecule has 1 unspecified atom stereocenters. The summed E-state index contributed by atoms with van der Waals surface area (Å²) in [4.78, 5) is 24.3. The van der Waals surface area contributed by atoms with Crippen molar-refractivity contribution in [3.63, 3.8) is 0 Å². The standard InChI is InChI=1S/C14H16FNO3/c15-12-3-1-10(2-4-12)7-13(17)16-6-5-11(9-16)8-14(18)19/h1-4,11H,5-9H2,(H,18,19). The molecule has 0 aliphatic carbocycles. The quantitative estimate of drug-likeness (QED) is 0.901. The van der Waals surface area contributed by atoms with Gasteiger partial charge in [-0.2, -0.15) is 0 Å². The van der Waals surface area contributed by atoms with Crippen molar-refractivity contribution in [3.8, 4) is 0 Å². The smallest absolute Gasteiger partial charge is 0.303 e. The average Bonchev–Trinajstić information content (AvgIpc) is 2.80. The van der Waals surface area contributed by atoms with Crippen LogP contribution in [0.1, 0.15) is 18.4 Å². The van der Waals surface area contributed by atoms with Crippen molar-refractivity contribution in [2.75, 3.05) is 13.1 Å². The highest BCUT2D eigenvalue weighted by Crippen LogP contribution is 2.20. The maximum Gasteiger partial charge on any atom is 0.303 e. The zero-order chi connectivity index (χ0) is 13.8. The Balaban J connectivity index is 1.87. The molecule has 2 rings (SSSR count). The molecule has 5 heteroatoms. The second-order valence-corrected chi connectivity index (χ2v) is 4.90. The summed E-state index contributed by atoms with van der Waals surface area (Å²) >= 11 is 0. The Morgan fingerprint density at radius 3 is 2.63 bits per heavy atom. The molecule has 0 spiro atoms. The van der Waals surface area contributed by atoms with Gasteiger partial charge in [-0.25, -0.2) is 4.39 Å². The number of benzene rings is 1. The van der Waals surface area contributed by atoms with Crippen LogP contribution in [0.25, 0.3) is 0 Å². The van der Waals surface area contributed by atoms with Crippen molar-refractivity contribution in [2.45, 2.75) is 19.3 Å². The van der Waals surface area contributed by atoms with E-state index in [1.54, 1.807) is 17.0 Å². The van der Waals surface area contributed by atoms with Crippen molar-refractivity contribution in [2.24, 2.45) is 5.92 Å². The summed E-state index contributed by atoms with van der Waals surface area (Å²) in [6.07, 6.45) is 1.09. The molecule has 1 amide bonds. The Labute approximate surface area is 110 Å². The van der Waals surface area contributed by atoms with Gasteiger partial charge in [0.1, 0.15) is 5.82 Å². The number of aliphatic carboxylic acids is 1. The molecule has 0 aromatic heterocycles. The third-order valence-electron chi connectivity index (χ3n) is 3.37. The number of hydrogen-bond donors (Lipinski definition) is 1. The van der Waals surface area contributed by atoms with E-state index in [-0.39, 0.29) is 30.5 Å². The van der Waals surface area contributed by atoms with E-state index in [2.05, 4.69) is 0 Å². The first-order chi connectivity index (χ1) is 9.04. The Hall–Kier alpha value is -1.91. The number of amides is 1. The fraction of sp³-hybridized carbons (Fsp3) is 0.429. The summed E-state index contributed by atoms with van der Waals surface area (Å²) in [5.41, 5.74) is 0.771. The summed E-state index contributed by atoms with van der Waals surface area (Å²) in [6, 6.07) is 5.86. The molecule has 1 aliphatic rings. The van der Waals surface area contributed by atoms with Gasteiger partial charge >= 0.3 is 5.97 Å². The van der Waals surface area contributed by atoms with Crippen LogP contribution in [-0.4, -0.2) is 35.0 Å². The fourth-order valence-corrected chi connectivity index (χ4v) is 2.36. The van der Waals surface area contributed by atoms with Gasteiger partial charge in [0.15, 0.2) is 0 Å². The normalized spacial score (nSPS) is 18.6. The van der Waals surface area contributed by atoms with Crippen molar-refractivity contribution in [1.82, 2.24) is 4.90 Å². The minimum atomic E-state index is -0.821. The zero-order valence-electron chi connectivity index (χ0n) is 10.5. The second-order valence-electron chi connectivity index (χ2n) is 4.90. The predicted octanol–water partition coefficient (Wildman–Crippen LogP) is 1.69. The summed E-state index contributed by atoms with van der Waals surface area (Å²) in [7, 11) is 0. The highest BCUT2D eigenvalue weighted by Gasteiger charge is 2.27. The van der Waals surface area contributed by atoms with Gasteiger partial charge in [-0.05, 0) is 30.0 Å². The van der Waals surface area contributed by atoms with Crippen LogP contribution in [0.2, 0.25) is 0 Å². The zero-order valence-corrected chi connectivity index (χ0v) is 10.5. The van der Waals surface area contributed by atoms with Gasteiger partial charge in [0.25, 0.3) is 0 Å². The Morgan fingerprint density at radius 2 is 2.00 bits per heavy atom. The lowest BCUT2D eigenvalue weighted by atomic mass is 10.1. The van der Waals surface area contributed by atoms with Crippen LogP contribution < -0.4 is 0 Å². The number of rotatable bonds is 4. The first-order valence-electron chi connectivity index (χ1n) is 6.28. The monoisotopic (exact) mass is 265 g/mol. The molecule has 102 valence electrons. The molecule has 0 saturated carbocycles. The van der Waals surface area contributed by atoms with Gasteiger partial charge in [-0.3, -0.25) is 9.59 Å². The van der Waals surface area contributed by atoms with Gasteiger partial charge in [-0.1, -0.05) is 12.1 Å². The average molecular weight is 265 g/mol. The van der Waals surface area contributed by atoms with Gasteiger partial charge in [0.05, 0.1) is 6.42 Å². The lowest BCUT2D eigenvalue weighted by Gasteiger charge is -2.16. The van der Waals surface area contributed by atoms with Crippen LogP contribution in [0.4, 0.5) is 4.39 Å². The maximum absolute atomic E-state index is 12.7. The fourth-order valence-electron chi connectivity index (χ4n) is 2.36. The van der Waals surface area contributed by atoms with E-state index in [1.807, 2.05) is 0 Å². The molecule has 1 heterocycles.